The fourth-order valence-corrected chi connectivity index (χ4v) is 3.58. The Morgan fingerprint density at radius 3 is 1.79 bits per heavy atom. The molecule has 2 heterocycles. The van der Waals surface area contributed by atoms with Gasteiger partial charge in [0.2, 0.25) is 0 Å². The van der Waals surface area contributed by atoms with Gasteiger partial charge in [-0.3, -0.25) is 0 Å². The van der Waals surface area contributed by atoms with Gasteiger partial charge in [-0.15, -0.1) is 0 Å². The molecule has 0 aromatic heterocycles. The first-order valence-corrected chi connectivity index (χ1v) is 10.4. The van der Waals surface area contributed by atoms with Gasteiger partial charge in [-0.1, -0.05) is 0 Å². The van der Waals surface area contributed by atoms with Crippen molar-refractivity contribution in [1.82, 2.24) is 0 Å². The van der Waals surface area contributed by atoms with Crippen LogP contribution in [0, 0.1) is 0 Å². The third kappa shape index (κ3) is 6.25. The Morgan fingerprint density at radius 2 is 1.29 bits per heavy atom. The molecule has 0 spiro atoms. The monoisotopic (exact) mass is 504 g/mol. The van der Waals surface area contributed by atoms with Crippen molar-refractivity contribution in [3.63, 3.8) is 0 Å². The summed E-state index contributed by atoms with van der Waals surface area (Å²) in [6.07, 6.45) is -25.8. The van der Waals surface area contributed by atoms with Gasteiger partial charge in [-0.05, 0) is 0 Å². The van der Waals surface area contributed by atoms with Crippen LogP contribution in [-0.4, -0.2) is 168 Å². The maximum Gasteiger partial charge on any atom is 0.187 e. The van der Waals surface area contributed by atoms with E-state index in [-0.39, 0.29) is 6.29 Å². The van der Waals surface area contributed by atoms with E-state index >= 15 is 0 Å². The summed E-state index contributed by atoms with van der Waals surface area (Å²) in [4.78, 5) is 10.8. The fourth-order valence-electron chi connectivity index (χ4n) is 3.58. The molecule has 2 rings (SSSR count). The van der Waals surface area contributed by atoms with Crippen LogP contribution in [0.25, 0.3) is 0 Å². The van der Waals surface area contributed by atoms with Crippen LogP contribution in [0.2, 0.25) is 0 Å². The first-order chi connectivity index (χ1) is 16.0. The van der Waals surface area contributed by atoms with E-state index in [1.165, 1.54) is 0 Å². The van der Waals surface area contributed by atoms with Crippen LogP contribution in [-0.2, 0) is 23.7 Å². The Labute approximate surface area is 192 Å². The third-order valence-electron chi connectivity index (χ3n) is 5.65. The molecular weight excluding hydrogens is 472 g/mol. The third-order valence-corrected chi connectivity index (χ3v) is 5.65. The van der Waals surface area contributed by atoms with Gasteiger partial charge in [0.15, 0.2) is 18.9 Å². The minimum Gasteiger partial charge on any atom is -0.394 e. The van der Waals surface area contributed by atoms with E-state index in [0.29, 0.717) is 0 Å². The van der Waals surface area contributed by atoms with E-state index in [2.05, 4.69) is 0 Å². The highest BCUT2D eigenvalue weighted by Gasteiger charge is 2.52. The average Bonchev–Trinajstić information content (AvgIpc) is 2.84. The highest BCUT2D eigenvalue weighted by atomic mass is 16.8. The summed E-state index contributed by atoms with van der Waals surface area (Å²) < 4.78 is 21.3. The van der Waals surface area contributed by atoms with Gasteiger partial charge in [0, 0.05) is 0 Å². The van der Waals surface area contributed by atoms with Crippen LogP contribution < -0.4 is 0 Å². The first kappa shape index (κ1) is 29.3. The molecule has 0 aromatic carbocycles. The smallest absolute Gasteiger partial charge is 0.187 e. The molecule has 2 aliphatic heterocycles. The van der Waals surface area contributed by atoms with Gasteiger partial charge < -0.3 is 79.9 Å². The number of hydrogen-bond donors (Lipinski definition) is 11. The van der Waals surface area contributed by atoms with Crippen molar-refractivity contribution < 1.29 is 79.9 Å². The second-order valence-corrected chi connectivity index (χ2v) is 7.97. The molecule has 34 heavy (non-hydrogen) atoms. The van der Waals surface area contributed by atoms with E-state index in [1.807, 2.05) is 0 Å². The van der Waals surface area contributed by atoms with Crippen LogP contribution in [0.15, 0.2) is 0 Å². The molecule has 0 aromatic rings. The Morgan fingerprint density at radius 1 is 0.765 bits per heavy atom. The molecule has 14 atom stereocenters. The van der Waals surface area contributed by atoms with E-state index in [0.717, 1.165) is 0 Å². The second kappa shape index (κ2) is 12.9. The molecule has 0 amide bonds. The Hall–Kier alpha value is -0.930. The molecule has 16 nitrogen and oxygen atoms in total. The lowest BCUT2D eigenvalue weighted by Crippen LogP contribution is -2.65. The first-order valence-electron chi connectivity index (χ1n) is 10.4. The average molecular weight is 504 g/mol. The molecule has 200 valence electrons. The summed E-state index contributed by atoms with van der Waals surface area (Å²) in [6, 6.07) is 0. The number of aliphatic hydroxyl groups is 11. The quantitative estimate of drug-likeness (QED) is 0.117. The second-order valence-electron chi connectivity index (χ2n) is 7.97. The number of carbonyl (C=O) groups excluding carboxylic acids is 1. The van der Waals surface area contributed by atoms with E-state index < -0.39 is 106 Å². The molecule has 2 saturated heterocycles. The lowest BCUT2D eigenvalue weighted by atomic mass is 9.97. The van der Waals surface area contributed by atoms with Crippen LogP contribution >= 0.6 is 0 Å². The molecule has 0 saturated carbocycles. The van der Waals surface area contributed by atoms with Crippen molar-refractivity contribution in [1.29, 1.82) is 0 Å². The molecule has 0 unspecified atom stereocenters. The maximum absolute atomic E-state index is 10.8. The standard InChI is InChI=1S/C18H32O16/c19-1-5(23)9(25)15(6(24)2-20)33-18-16(13(29)11(27)8(4-22)32-18)34-17-14(30)12(28)10(26)7(3-21)31-17/h1,5-18,20-30H,2-4H2/t5-,6+,7+,8+,9+,10+,11+,12-,13-,14+,15+,16+,17+,18-/m0/s1. The molecular formula is C18H32O16. The van der Waals surface area contributed by atoms with Crippen LogP contribution in [0.5, 0.6) is 0 Å². The lowest BCUT2D eigenvalue weighted by molar-refractivity contribution is -0.377. The molecule has 0 aliphatic carbocycles. The van der Waals surface area contributed by atoms with Crippen LogP contribution in [0.4, 0.5) is 0 Å². The molecule has 2 fully saturated rings. The van der Waals surface area contributed by atoms with E-state index in [9.17, 15) is 61.0 Å². The fraction of sp³-hybridized carbons (Fsp3) is 0.944. The SMILES string of the molecule is O=C[C@H](O)[C@@H](O)[C@H](O[C@@H]1O[C@H](CO)[C@@H](O)[C@H](O)[C@H]1O[C@H]1O[C@H](CO)[C@@H](O)[C@H](O)[C@H]1O)[C@H](O)CO. The van der Waals surface area contributed by atoms with Crippen molar-refractivity contribution >= 4 is 6.29 Å². The largest absolute Gasteiger partial charge is 0.394 e. The predicted octanol–water partition coefficient (Wildman–Crippen LogP) is -7.73. The summed E-state index contributed by atoms with van der Waals surface area (Å²) in [5.41, 5.74) is 0. The number of aldehydes is 1. The highest BCUT2D eigenvalue weighted by Crippen LogP contribution is 2.31. The minimum atomic E-state index is -2.12. The van der Waals surface area contributed by atoms with Crippen LogP contribution in [0.3, 0.4) is 0 Å². The molecule has 16 heteroatoms. The maximum atomic E-state index is 10.8. The Balaban J connectivity index is 2.33. The molecule has 2 aliphatic rings. The van der Waals surface area contributed by atoms with Gasteiger partial charge in [0.25, 0.3) is 0 Å². The van der Waals surface area contributed by atoms with Gasteiger partial charge >= 0.3 is 0 Å². The normalized spacial score (nSPS) is 42.6. The summed E-state index contributed by atoms with van der Waals surface area (Å²) >= 11 is 0. The topological polar surface area (TPSA) is 277 Å². The number of aliphatic hydroxyl groups excluding tert-OH is 11. The Kier molecular flexibility index (Phi) is 11.1. The number of ether oxygens (including phenoxy) is 4. The highest BCUT2D eigenvalue weighted by molar-refractivity contribution is 5.56. The molecule has 0 bridgehead atoms. The zero-order chi connectivity index (χ0) is 25.7. The summed E-state index contributed by atoms with van der Waals surface area (Å²) in [5.74, 6) is 0. The predicted molar refractivity (Wildman–Crippen MR) is 102 cm³/mol. The zero-order valence-corrected chi connectivity index (χ0v) is 17.7. The van der Waals surface area contributed by atoms with Crippen molar-refractivity contribution in [2.45, 2.75) is 85.8 Å². The molecule has 11 N–H and O–H groups in total. The van der Waals surface area contributed by atoms with E-state index in [1.54, 1.807) is 0 Å². The van der Waals surface area contributed by atoms with Crippen molar-refractivity contribution in [3.8, 4) is 0 Å². The zero-order valence-electron chi connectivity index (χ0n) is 17.7. The molecule has 0 radical (unpaired) electrons. The van der Waals surface area contributed by atoms with Gasteiger partial charge in [0.1, 0.15) is 73.2 Å². The van der Waals surface area contributed by atoms with Crippen molar-refractivity contribution in [2.75, 3.05) is 19.8 Å². The van der Waals surface area contributed by atoms with Gasteiger partial charge in [-0.2, -0.15) is 0 Å². The van der Waals surface area contributed by atoms with Crippen LogP contribution in [0.1, 0.15) is 0 Å². The minimum absolute atomic E-state index is 0.0795. The van der Waals surface area contributed by atoms with Gasteiger partial charge in [0.05, 0.1) is 19.8 Å². The Bertz CT molecular complexity index is 623. The summed E-state index contributed by atoms with van der Waals surface area (Å²) in [5, 5.41) is 109. The van der Waals surface area contributed by atoms with E-state index in [4.69, 9.17) is 18.9 Å². The summed E-state index contributed by atoms with van der Waals surface area (Å²) in [7, 11) is 0. The summed E-state index contributed by atoms with van der Waals surface area (Å²) in [6.45, 7) is -2.67. The number of carbonyl (C=O) groups is 1. The van der Waals surface area contributed by atoms with Gasteiger partial charge in [-0.25, -0.2) is 0 Å². The lowest BCUT2D eigenvalue weighted by Gasteiger charge is -2.47. The van der Waals surface area contributed by atoms with Crippen molar-refractivity contribution in [3.05, 3.63) is 0 Å². The van der Waals surface area contributed by atoms with Crippen molar-refractivity contribution in [2.24, 2.45) is 0 Å². The number of rotatable bonds is 11. The number of hydrogen-bond acceptors (Lipinski definition) is 16.